The van der Waals surface area contributed by atoms with E-state index in [4.69, 9.17) is 20.5 Å². The molecule has 28 heavy (non-hydrogen) atoms. The summed E-state index contributed by atoms with van der Waals surface area (Å²) in [7, 11) is 0. The second kappa shape index (κ2) is 8.58. The molecule has 1 unspecified atom stereocenters. The second-order valence-electron chi connectivity index (χ2n) is 6.86. The first-order valence-electron chi connectivity index (χ1n) is 9.29. The van der Waals surface area contributed by atoms with Crippen molar-refractivity contribution >= 4 is 17.5 Å². The van der Waals surface area contributed by atoms with Gasteiger partial charge in [0.05, 0.1) is 30.3 Å². The standard InChI is InChI=1S/C20H21ClN4O3/c21-17-8-2-1-7-16(17)19-23-18(28-24-19)13-25-9-3-5-14(12-25)20(26)22-11-15-6-4-10-27-15/h1-2,4,6-8,10,14H,3,5,9,11-13H2,(H,22,26). The van der Waals surface area contributed by atoms with Crippen molar-refractivity contribution in [3.05, 3.63) is 59.3 Å². The highest BCUT2D eigenvalue weighted by Crippen LogP contribution is 2.25. The molecule has 146 valence electrons. The Morgan fingerprint density at radius 2 is 2.18 bits per heavy atom. The Morgan fingerprint density at radius 3 is 3.00 bits per heavy atom. The van der Waals surface area contributed by atoms with Crippen LogP contribution in [0.4, 0.5) is 0 Å². The van der Waals surface area contributed by atoms with Crippen LogP contribution in [-0.4, -0.2) is 34.0 Å². The summed E-state index contributed by atoms with van der Waals surface area (Å²) in [6.45, 7) is 2.48. The summed E-state index contributed by atoms with van der Waals surface area (Å²) in [5.74, 6) is 1.73. The Morgan fingerprint density at radius 1 is 1.29 bits per heavy atom. The van der Waals surface area contributed by atoms with Crippen LogP contribution in [0.15, 0.2) is 51.6 Å². The van der Waals surface area contributed by atoms with E-state index >= 15 is 0 Å². The van der Waals surface area contributed by atoms with E-state index in [1.807, 2.05) is 30.3 Å². The van der Waals surface area contributed by atoms with Crippen LogP contribution < -0.4 is 5.32 Å². The number of nitrogens with one attached hydrogen (secondary N) is 1. The number of piperidine rings is 1. The number of halogens is 1. The van der Waals surface area contributed by atoms with Crippen LogP contribution in [0.2, 0.25) is 5.02 Å². The number of nitrogens with zero attached hydrogens (tertiary/aromatic N) is 3. The fourth-order valence-electron chi connectivity index (χ4n) is 3.41. The van der Waals surface area contributed by atoms with Crippen LogP contribution in [0.1, 0.15) is 24.5 Å². The molecule has 0 aliphatic carbocycles. The van der Waals surface area contributed by atoms with E-state index in [2.05, 4.69) is 20.4 Å². The molecule has 2 aromatic heterocycles. The zero-order valence-corrected chi connectivity index (χ0v) is 16.1. The van der Waals surface area contributed by atoms with Crippen LogP contribution >= 0.6 is 11.6 Å². The van der Waals surface area contributed by atoms with Gasteiger partial charge in [-0.3, -0.25) is 9.69 Å². The van der Waals surface area contributed by atoms with Crippen molar-refractivity contribution in [1.29, 1.82) is 0 Å². The summed E-state index contributed by atoms with van der Waals surface area (Å²) in [6, 6.07) is 11.1. The van der Waals surface area contributed by atoms with Gasteiger partial charge in [0.1, 0.15) is 5.76 Å². The number of carbonyl (C=O) groups is 1. The first-order chi connectivity index (χ1) is 13.7. The molecule has 1 saturated heterocycles. The summed E-state index contributed by atoms with van der Waals surface area (Å²) in [6.07, 6.45) is 3.42. The number of amides is 1. The molecular formula is C20H21ClN4O3. The SMILES string of the molecule is O=C(NCc1ccco1)C1CCCN(Cc2nc(-c3ccccc3Cl)no2)C1. The van der Waals surface area contributed by atoms with Gasteiger partial charge >= 0.3 is 0 Å². The van der Waals surface area contributed by atoms with Crippen molar-refractivity contribution in [3.63, 3.8) is 0 Å². The number of likely N-dealkylation sites (tertiary alicyclic amines) is 1. The van der Waals surface area contributed by atoms with Crippen molar-refractivity contribution in [1.82, 2.24) is 20.4 Å². The maximum Gasteiger partial charge on any atom is 0.241 e. The molecule has 1 fully saturated rings. The maximum absolute atomic E-state index is 12.5. The number of rotatable bonds is 6. The van der Waals surface area contributed by atoms with E-state index in [1.54, 1.807) is 12.3 Å². The van der Waals surface area contributed by atoms with Gasteiger partial charge < -0.3 is 14.3 Å². The smallest absolute Gasteiger partial charge is 0.241 e. The van der Waals surface area contributed by atoms with E-state index in [0.29, 0.717) is 36.4 Å². The molecule has 0 radical (unpaired) electrons. The lowest BCUT2D eigenvalue weighted by Gasteiger charge is -2.30. The predicted octanol–water partition coefficient (Wildman–Crippen LogP) is 3.51. The van der Waals surface area contributed by atoms with Crippen LogP contribution in [0.5, 0.6) is 0 Å². The third-order valence-corrected chi connectivity index (χ3v) is 5.16. The topological polar surface area (TPSA) is 84.4 Å². The average molecular weight is 401 g/mol. The van der Waals surface area contributed by atoms with Gasteiger partial charge in [-0.2, -0.15) is 4.98 Å². The van der Waals surface area contributed by atoms with Gasteiger partial charge in [0.2, 0.25) is 17.6 Å². The van der Waals surface area contributed by atoms with Crippen LogP contribution in [0.3, 0.4) is 0 Å². The van der Waals surface area contributed by atoms with Gasteiger partial charge in [0.25, 0.3) is 0 Å². The predicted molar refractivity (Wildman–Crippen MR) is 103 cm³/mol. The van der Waals surface area contributed by atoms with Crippen LogP contribution in [0.25, 0.3) is 11.4 Å². The summed E-state index contributed by atoms with van der Waals surface area (Å²) < 4.78 is 10.7. The molecule has 1 N–H and O–H groups in total. The van der Waals surface area contributed by atoms with Gasteiger partial charge in [-0.05, 0) is 43.7 Å². The monoisotopic (exact) mass is 400 g/mol. The lowest BCUT2D eigenvalue weighted by molar-refractivity contribution is -0.127. The van der Waals surface area contributed by atoms with E-state index in [1.165, 1.54) is 0 Å². The Bertz CT molecular complexity index is 925. The summed E-state index contributed by atoms with van der Waals surface area (Å²) >= 11 is 6.20. The molecule has 1 aliphatic heterocycles. The first kappa shape index (κ1) is 18.7. The fourth-order valence-corrected chi connectivity index (χ4v) is 3.63. The molecule has 1 aromatic carbocycles. The number of aromatic nitrogens is 2. The Kier molecular flexibility index (Phi) is 5.73. The lowest BCUT2D eigenvalue weighted by atomic mass is 9.97. The number of carbonyl (C=O) groups excluding carboxylic acids is 1. The van der Waals surface area contributed by atoms with Crippen molar-refractivity contribution in [2.75, 3.05) is 13.1 Å². The number of benzene rings is 1. The molecule has 4 rings (SSSR count). The average Bonchev–Trinajstić information content (AvgIpc) is 3.39. The quantitative estimate of drug-likeness (QED) is 0.681. The third-order valence-electron chi connectivity index (χ3n) is 4.83. The normalized spacial score (nSPS) is 17.5. The molecule has 0 spiro atoms. The maximum atomic E-state index is 12.5. The number of hydrogen-bond acceptors (Lipinski definition) is 6. The van der Waals surface area contributed by atoms with Gasteiger partial charge in [0, 0.05) is 12.1 Å². The summed E-state index contributed by atoms with van der Waals surface area (Å²) in [5, 5.41) is 7.57. The fraction of sp³-hybridized carbons (Fsp3) is 0.350. The summed E-state index contributed by atoms with van der Waals surface area (Å²) in [4.78, 5) is 19.1. The first-order valence-corrected chi connectivity index (χ1v) is 9.67. The minimum absolute atomic E-state index is 0.0448. The molecular weight excluding hydrogens is 380 g/mol. The van der Waals surface area contributed by atoms with E-state index in [0.717, 1.165) is 30.7 Å². The zero-order chi connectivity index (χ0) is 19.3. The second-order valence-corrected chi connectivity index (χ2v) is 7.27. The molecule has 1 aliphatic rings. The van der Waals surface area contributed by atoms with Crippen molar-refractivity contribution in [2.24, 2.45) is 5.92 Å². The van der Waals surface area contributed by atoms with Crippen molar-refractivity contribution < 1.29 is 13.7 Å². The van der Waals surface area contributed by atoms with Gasteiger partial charge in [-0.25, -0.2) is 0 Å². The summed E-state index contributed by atoms with van der Waals surface area (Å²) in [5.41, 5.74) is 0.744. The van der Waals surface area contributed by atoms with Gasteiger partial charge in [0.15, 0.2) is 0 Å². The van der Waals surface area contributed by atoms with Gasteiger partial charge in [-0.15, -0.1) is 0 Å². The Balaban J connectivity index is 1.34. The Hall–Kier alpha value is -2.64. The number of furan rings is 1. The molecule has 1 amide bonds. The van der Waals surface area contributed by atoms with Crippen molar-refractivity contribution in [2.45, 2.75) is 25.9 Å². The van der Waals surface area contributed by atoms with Crippen molar-refractivity contribution in [3.8, 4) is 11.4 Å². The number of hydrogen-bond donors (Lipinski definition) is 1. The van der Waals surface area contributed by atoms with Gasteiger partial charge in [-0.1, -0.05) is 28.9 Å². The Labute approximate surface area is 167 Å². The molecule has 3 aromatic rings. The highest BCUT2D eigenvalue weighted by Gasteiger charge is 2.27. The van der Waals surface area contributed by atoms with E-state index in [9.17, 15) is 4.79 Å². The largest absolute Gasteiger partial charge is 0.467 e. The molecule has 7 nitrogen and oxygen atoms in total. The van der Waals surface area contributed by atoms with E-state index < -0.39 is 0 Å². The molecule has 3 heterocycles. The minimum atomic E-state index is -0.0605. The minimum Gasteiger partial charge on any atom is -0.467 e. The molecule has 8 heteroatoms. The highest BCUT2D eigenvalue weighted by molar-refractivity contribution is 6.33. The molecule has 0 bridgehead atoms. The van der Waals surface area contributed by atoms with E-state index in [-0.39, 0.29) is 11.8 Å². The van der Waals surface area contributed by atoms with Crippen LogP contribution in [0, 0.1) is 5.92 Å². The highest BCUT2D eigenvalue weighted by atomic mass is 35.5. The molecule has 1 atom stereocenters. The molecule has 0 saturated carbocycles. The zero-order valence-electron chi connectivity index (χ0n) is 15.3. The lowest BCUT2D eigenvalue weighted by Crippen LogP contribution is -2.42. The van der Waals surface area contributed by atoms with Crippen LogP contribution in [-0.2, 0) is 17.9 Å². The third kappa shape index (κ3) is 4.43.